The number of fused-ring (bicyclic) bond motifs is 1. The Morgan fingerprint density at radius 2 is 2.10 bits per heavy atom. The Hall–Kier alpha value is -1.91. The normalized spacial score (nSPS) is 12.7. The maximum absolute atomic E-state index is 10.5. The molecule has 0 radical (unpaired) electrons. The van der Waals surface area contributed by atoms with Gasteiger partial charge in [0.2, 0.25) is 0 Å². The number of aryl methyl sites for hydroxylation is 2. The van der Waals surface area contributed by atoms with Crippen molar-refractivity contribution in [2.24, 2.45) is 7.05 Å². The van der Waals surface area contributed by atoms with Gasteiger partial charge < -0.3 is 5.11 Å². The van der Waals surface area contributed by atoms with Gasteiger partial charge in [0.15, 0.2) is 0 Å². The Balaban J connectivity index is 1.86. The van der Waals surface area contributed by atoms with Crippen molar-refractivity contribution in [2.75, 3.05) is 0 Å². The summed E-state index contributed by atoms with van der Waals surface area (Å²) in [5.74, 6) is 0. The number of benzene rings is 1. The number of aliphatic hydroxyl groups excluding tert-OH is 1. The lowest BCUT2D eigenvalue weighted by Crippen LogP contribution is -2.04. The fourth-order valence-corrected chi connectivity index (χ4v) is 2.73. The molecule has 0 aliphatic rings. The van der Waals surface area contributed by atoms with Crippen LogP contribution >= 0.6 is 11.6 Å². The molecule has 4 nitrogen and oxygen atoms in total. The Morgan fingerprint density at radius 1 is 1.24 bits per heavy atom. The van der Waals surface area contributed by atoms with Crippen molar-refractivity contribution >= 4 is 22.5 Å². The van der Waals surface area contributed by atoms with E-state index in [2.05, 4.69) is 10.1 Å². The summed E-state index contributed by atoms with van der Waals surface area (Å²) in [6, 6.07) is 9.40. The SMILES string of the molecule is Cn1nccc1CCC(O)c1ccc(Cl)c2cccnc12. The summed E-state index contributed by atoms with van der Waals surface area (Å²) in [5, 5.41) is 16.1. The maximum Gasteiger partial charge on any atom is 0.0814 e. The zero-order chi connectivity index (χ0) is 14.8. The van der Waals surface area contributed by atoms with Gasteiger partial charge in [-0.25, -0.2) is 0 Å². The first kappa shape index (κ1) is 14.0. The van der Waals surface area contributed by atoms with Crippen LogP contribution in [-0.2, 0) is 13.5 Å². The molecule has 0 aliphatic carbocycles. The van der Waals surface area contributed by atoms with Crippen molar-refractivity contribution in [3.63, 3.8) is 0 Å². The van der Waals surface area contributed by atoms with E-state index in [1.807, 2.05) is 42.1 Å². The first-order valence-electron chi connectivity index (χ1n) is 6.85. The summed E-state index contributed by atoms with van der Waals surface area (Å²) in [7, 11) is 1.90. The summed E-state index contributed by atoms with van der Waals surface area (Å²) in [5.41, 5.74) is 2.68. The molecule has 0 saturated carbocycles. The highest BCUT2D eigenvalue weighted by atomic mass is 35.5. The Morgan fingerprint density at radius 3 is 2.86 bits per heavy atom. The monoisotopic (exact) mass is 301 g/mol. The smallest absolute Gasteiger partial charge is 0.0814 e. The van der Waals surface area contributed by atoms with Crippen LogP contribution in [0.2, 0.25) is 5.02 Å². The van der Waals surface area contributed by atoms with E-state index in [1.165, 1.54) is 0 Å². The largest absolute Gasteiger partial charge is 0.388 e. The number of aromatic nitrogens is 3. The Labute approximate surface area is 128 Å². The van der Waals surface area contributed by atoms with Crippen LogP contribution in [0.4, 0.5) is 0 Å². The van der Waals surface area contributed by atoms with Gasteiger partial charge in [0.05, 0.1) is 11.6 Å². The van der Waals surface area contributed by atoms with Crippen LogP contribution in [0.25, 0.3) is 10.9 Å². The molecule has 5 heteroatoms. The molecule has 3 aromatic rings. The van der Waals surface area contributed by atoms with Gasteiger partial charge in [-0.3, -0.25) is 9.67 Å². The lowest BCUT2D eigenvalue weighted by Gasteiger charge is -2.14. The highest BCUT2D eigenvalue weighted by Crippen LogP contribution is 2.30. The number of halogens is 1. The molecular weight excluding hydrogens is 286 g/mol. The van der Waals surface area contributed by atoms with Crippen molar-refractivity contribution < 1.29 is 5.11 Å². The third-order valence-electron chi connectivity index (χ3n) is 3.70. The standard InChI is InChI=1S/C16H16ClN3O/c1-20-11(8-10-19-20)4-7-15(21)13-5-6-14(17)12-3-2-9-18-16(12)13/h2-3,5-6,8-10,15,21H,4,7H2,1H3. The molecule has 0 saturated heterocycles. The Bertz CT molecular complexity index is 769. The number of hydrogen-bond acceptors (Lipinski definition) is 3. The van der Waals surface area contributed by atoms with E-state index in [1.54, 1.807) is 12.4 Å². The van der Waals surface area contributed by atoms with E-state index in [4.69, 9.17) is 11.6 Å². The van der Waals surface area contributed by atoms with Gasteiger partial charge in [-0.1, -0.05) is 17.7 Å². The van der Waals surface area contributed by atoms with E-state index >= 15 is 0 Å². The summed E-state index contributed by atoms with van der Waals surface area (Å²) < 4.78 is 1.82. The summed E-state index contributed by atoms with van der Waals surface area (Å²) in [6.07, 6.45) is 4.29. The van der Waals surface area contributed by atoms with E-state index in [0.29, 0.717) is 11.4 Å². The predicted molar refractivity (Wildman–Crippen MR) is 83.2 cm³/mol. The van der Waals surface area contributed by atoms with Gasteiger partial charge in [0.25, 0.3) is 0 Å². The third kappa shape index (κ3) is 2.77. The molecule has 0 aliphatic heterocycles. The van der Waals surface area contributed by atoms with Crippen LogP contribution < -0.4 is 0 Å². The topological polar surface area (TPSA) is 50.9 Å². The van der Waals surface area contributed by atoms with E-state index in [0.717, 1.165) is 28.6 Å². The van der Waals surface area contributed by atoms with Crippen LogP contribution in [0, 0.1) is 0 Å². The van der Waals surface area contributed by atoms with E-state index < -0.39 is 6.10 Å². The minimum absolute atomic E-state index is 0.574. The predicted octanol–water partition coefficient (Wildman–Crippen LogP) is 3.29. The van der Waals surface area contributed by atoms with Gasteiger partial charge in [-0.05, 0) is 37.1 Å². The second kappa shape index (κ2) is 5.84. The zero-order valence-electron chi connectivity index (χ0n) is 11.7. The molecule has 1 atom stereocenters. The number of pyridine rings is 1. The van der Waals surface area contributed by atoms with Crippen molar-refractivity contribution in [3.8, 4) is 0 Å². The fourth-order valence-electron chi connectivity index (χ4n) is 2.52. The molecule has 108 valence electrons. The summed E-state index contributed by atoms with van der Waals surface area (Å²) >= 11 is 6.18. The number of rotatable bonds is 4. The third-order valence-corrected chi connectivity index (χ3v) is 4.03. The molecular formula is C16H16ClN3O. The minimum atomic E-state index is -0.574. The van der Waals surface area contributed by atoms with Crippen LogP contribution in [-0.4, -0.2) is 19.9 Å². The first-order valence-corrected chi connectivity index (χ1v) is 7.22. The van der Waals surface area contributed by atoms with Gasteiger partial charge in [0, 0.05) is 41.1 Å². The number of nitrogens with zero attached hydrogens (tertiary/aromatic N) is 3. The van der Waals surface area contributed by atoms with Crippen LogP contribution in [0.5, 0.6) is 0 Å². The van der Waals surface area contributed by atoms with Crippen LogP contribution in [0.15, 0.2) is 42.7 Å². The molecule has 0 bridgehead atoms. The molecule has 3 rings (SSSR count). The van der Waals surface area contributed by atoms with Gasteiger partial charge >= 0.3 is 0 Å². The lowest BCUT2D eigenvalue weighted by atomic mass is 10.0. The van der Waals surface area contributed by atoms with Crippen molar-refractivity contribution in [2.45, 2.75) is 18.9 Å². The highest BCUT2D eigenvalue weighted by molar-refractivity contribution is 6.35. The average Bonchev–Trinajstić information content (AvgIpc) is 2.91. The second-order valence-corrected chi connectivity index (χ2v) is 5.44. The molecule has 2 aromatic heterocycles. The second-order valence-electron chi connectivity index (χ2n) is 5.04. The zero-order valence-corrected chi connectivity index (χ0v) is 12.5. The Kier molecular flexibility index (Phi) is 3.90. The molecule has 1 aromatic carbocycles. The number of aliphatic hydroxyl groups is 1. The minimum Gasteiger partial charge on any atom is -0.388 e. The summed E-state index contributed by atoms with van der Waals surface area (Å²) in [6.45, 7) is 0. The quantitative estimate of drug-likeness (QED) is 0.804. The lowest BCUT2D eigenvalue weighted by molar-refractivity contribution is 0.168. The molecule has 2 heterocycles. The van der Waals surface area contributed by atoms with E-state index in [9.17, 15) is 5.11 Å². The van der Waals surface area contributed by atoms with Gasteiger partial charge in [-0.15, -0.1) is 0 Å². The summed E-state index contributed by atoms with van der Waals surface area (Å²) in [4.78, 5) is 4.36. The average molecular weight is 302 g/mol. The molecule has 21 heavy (non-hydrogen) atoms. The van der Waals surface area contributed by atoms with E-state index in [-0.39, 0.29) is 0 Å². The molecule has 0 spiro atoms. The van der Waals surface area contributed by atoms with Crippen LogP contribution in [0.3, 0.4) is 0 Å². The molecule has 1 unspecified atom stereocenters. The fraction of sp³-hybridized carbons (Fsp3) is 0.250. The van der Waals surface area contributed by atoms with Gasteiger partial charge in [0.1, 0.15) is 0 Å². The maximum atomic E-state index is 10.5. The molecule has 0 fully saturated rings. The van der Waals surface area contributed by atoms with Crippen molar-refractivity contribution in [1.29, 1.82) is 0 Å². The van der Waals surface area contributed by atoms with Crippen molar-refractivity contribution in [3.05, 3.63) is 59.0 Å². The molecule has 1 N–H and O–H groups in total. The molecule has 0 amide bonds. The first-order chi connectivity index (χ1) is 10.2. The highest BCUT2D eigenvalue weighted by Gasteiger charge is 2.14. The van der Waals surface area contributed by atoms with Crippen molar-refractivity contribution in [1.82, 2.24) is 14.8 Å². The number of hydrogen-bond donors (Lipinski definition) is 1. The van der Waals surface area contributed by atoms with Crippen LogP contribution in [0.1, 0.15) is 23.8 Å². The van der Waals surface area contributed by atoms with Gasteiger partial charge in [-0.2, -0.15) is 5.10 Å².